The first kappa shape index (κ1) is 20.8. The van der Waals surface area contributed by atoms with Crippen LogP contribution in [-0.4, -0.2) is 24.0 Å². The number of nitrogens with one attached hydrogen (secondary N) is 2. The summed E-state index contributed by atoms with van der Waals surface area (Å²) in [5.74, 6) is -0.0821. The smallest absolute Gasteiger partial charge is 0.412 e. The lowest BCUT2D eigenvalue weighted by atomic mass is 10.1. The molecule has 0 aliphatic rings. The van der Waals surface area contributed by atoms with Gasteiger partial charge in [-0.3, -0.25) is 5.32 Å². The van der Waals surface area contributed by atoms with Gasteiger partial charge in [0.25, 0.3) is 0 Å². The number of carbonyl (C=O) groups is 1. The number of benzene rings is 1. The molecule has 1 aromatic carbocycles. The Balaban J connectivity index is 0.00000232. The lowest BCUT2D eigenvalue weighted by Crippen LogP contribution is -2.27. The largest absolute Gasteiger partial charge is 0.444 e. The van der Waals surface area contributed by atoms with Crippen molar-refractivity contribution in [3.63, 3.8) is 0 Å². The van der Waals surface area contributed by atoms with Crippen molar-refractivity contribution in [2.75, 3.05) is 5.32 Å². The van der Waals surface area contributed by atoms with E-state index in [0.29, 0.717) is 5.69 Å². The molecule has 2 N–H and O–H groups in total. The van der Waals surface area contributed by atoms with Gasteiger partial charge in [0.05, 0.1) is 5.69 Å². The van der Waals surface area contributed by atoms with Crippen molar-refractivity contribution in [2.24, 2.45) is 0 Å². The highest BCUT2D eigenvalue weighted by atomic mass is 19.3. The predicted molar refractivity (Wildman–Crippen MR) is 86.8 cm³/mol. The topological polar surface area (TPSA) is 71.4 Å². The molecule has 0 aliphatic heterocycles. The average Bonchev–Trinajstić information content (AvgIpc) is 2.39. The van der Waals surface area contributed by atoms with Crippen molar-refractivity contribution in [2.45, 2.75) is 53.8 Å². The van der Waals surface area contributed by atoms with E-state index >= 15 is 0 Å². The Bertz CT molecular complexity index is 541. The number of hydrogen-bond acceptors (Lipinski definition) is 4. The zero-order valence-electron chi connectivity index (χ0n) is 14.3. The normalized spacial score (nSPS) is 10.5. The third-order valence-corrected chi connectivity index (χ3v) is 2.26. The summed E-state index contributed by atoms with van der Waals surface area (Å²) in [4.78, 5) is 11.7. The van der Waals surface area contributed by atoms with Gasteiger partial charge in [0.15, 0.2) is 0 Å². The number of hydrogen-bond donors (Lipinski definition) is 2. The minimum atomic E-state index is -2.95. The minimum absolute atomic E-state index is 0.0821. The van der Waals surface area contributed by atoms with Gasteiger partial charge < -0.3 is 14.9 Å². The summed E-state index contributed by atoms with van der Waals surface area (Å²) >= 11 is 0. The second-order valence-corrected chi connectivity index (χ2v) is 5.34. The molecule has 0 saturated heterocycles. The number of ether oxygens (including phenoxy) is 2. The van der Waals surface area contributed by atoms with Crippen LogP contribution in [0.4, 0.5) is 19.3 Å². The molecule has 0 heterocycles. The van der Waals surface area contributed by atoms with Crippen molar-refractivity contribution in [1.82, 2.24) is 0 Å². The molecule has 0 fully saturated rings. The molecule has 1 rings (SSSR count). The number of amides is 1. The molecule has 5 nitrogen and oxygen atoms in total. The summed E-state index contributed by atoms with van der Waals surface area (Å²) in [6.07, 6.45) is -0.687. The molecular weight excluding hydrogens is 306 g/mol. The molecule has 1 amide bonds. The Labute approximate surface area is 135 Å². The molecule has 1 aromatic rings. The third-order valence-electron chi connectivity index (χ3n) is 2.26. The van der Waals surface area contributed by atoms with Crippen molar-refractivity contribution in [3.05, 3.63) is 23.8 Å². The molecule has 0 atom stereocenters. The van der Waals surface area contributed by atoms with Gasteiger partial charge in [0.2, 0.25) is 0 Å². The highest BCUT2D eigenvalue weighted by Gasteiger charge is 2.18. The van der Waals surface area contributed by atoms with Gasteiger partial charge in [-0.25, -0.2) is 4.79 Å². The monoisotopic (exact) mass is 330 g/mol. The van der Waals surface area contributed by atoms with Crippen LogP contribution in [0.3, 0.4) is 0 Å². The van der Waals surface area contributed by atoms with Crippen LogP contribution in [0.2, 0.25) is 0 Å². The molecule has 0 unspecified atom stereocenters. The minimum Gasteiger partial charge on any atom is -0.444 e. The highest BCUT2D eigenvalue weighted by Crippen LogP contribution is 2.24. The summed E-state index contributed by atoms with van der Waals surface area (Å²) in [6.45, 7) is 7.68. The number of halogens is 2. The maximum Gasteiger partial charge on any atom is 0.412 e. The van der Waals surface area contributed by atoms with Crippen molar-refractivity contribution in [1.29, 1.82) is 5.41 Å². The summed E-state index contributed by atoms with van der Waals surface area (Å²) < 4.78 is 33.7. The van der Waals surface area contributed by atoms with E-state index in [9.17, 15) is 13.6 Å². The Kier molecular flexibility index (Phi) is 8.21. The highest BCUT2D eigenvalue weighted by molar-refractivity contribution is 6.04. The SMILES string of the molecule is CC.CC(=N)c1cc(OC(F)F)ccc1NC(=O)OC(C)(C)C. The third kappa shape index (κ3) is 8.13. The molecule has 0 bridgehead atoms. The van der Waals surface area contributed by atoms with E-state index in [4.69, 9.17) is 10.1 Å². The average molecular weight is 330 g/mol. The van der Waals surface area contributed by atoms with Crippen LogP contribution >= 0.6 is 0 Å². The van der Waals surface area contributed by atoms with E-state index < -0.39 is 18.3 Å². The van der Waals surface area contributed by atoms with Gasteiger partial charge in [-0.1, -0.05) is 13.8 Å². The fraction of sp³-hybridized carbons (Fsp3) is 0.500. The number of carbonyl (C=O) groups excluding carboxylic acids is 1. The first-order chi connectivity index (χ1) is 10.6. The van der Waals surface area contributed by atoms with Gasteiger partial charge >= 0.3 is 12.7 Å². The van der Waals surface area contributed by atoms with E-state index in [1.165, 1.54) is 25.1 Å². The molecule has 7 heteroatoms. The zero-order valence-corrected chi connectivity index (χ0v) is 14.3. The van der Waals surface area contributed by atoms with E-state index in [2.05, 4.69) is 10.1 Å². The Morgan fingerprint density at radius 1 is 1.26 bits per heavy atom. The van der Waals surface area contributed by atoms with Gasteiger partial charge in [0.1, 0.15) is 11.4 Å². The zero-order chi connectivity index (χ0) is 18.2. The molecule has 0 aliphatic carbocycles. The van der Waals surface area contributed by atoms with Crippen LogP contribution in [0.25, 0.3) is 0 Å². The number of anilines is 1. The fourth-order valence-electron chi connectivity index (χ4n) is 1.53. The Morgan fingerprint density at radius 2 is 1.83 bits per heavy atom. The van der Waals surface area contributed by atoms with Gasteiger partial charge in [0, 0.05) is 11.3 Å². The van der Waals surface area contributed by atoms with Crippen LogP contribution in [0.1, 0.15) is 47.1 Å². The number of alkyl halides is 2. The molecule has 130 valence electrons. The van der Waals surface area contributed by atoms with Crippen LogP contribution in [0.5, 0.6) is 5.75 Å². The standard InChI is InChI=1S/C14H18F2N2O3.C2H6/c1-8(17)10-7-9(20-12(15)16)5-6-11(10)18-13(19)21-14(2,3)4;1-2/h5-7,12,17H,1-4H3,(H,18,19);1-2H3. The van der Waals surface area contributed by atoms with E-state index in [1.807, 2.05) is 13.8 Å². The van der Waals surface area contributed by atoms with Crippen molar-refractivity contribution < 1.29 is 23.0 Å². The summed E-state index contributed by atoms with van der Waals surface area (Å²) in [5.41, 5.74) is 0.000964. The molecule has 0 radical (unpaired) electrons. The molecule has 0 aromatic heterocycles. The Hall–Kier alpha value is -2.18. The molecule has 0 spiro atoms. The van der Waals surface area contributed by atoms with Crippen LogP contribution in [-0.2, 0) is 4.74 Å². The molecular formula is C16H24F2N2O3. The number of rotatable bonds is 4. The van der Waals surface area contributed by atoms with Gasteiger partial charge in [-0.15, -0.1) is 0 Å². The Morgan fingerprint density at radius 3 is 2.26 bits per heavy atom. The van der Waals surface area contributed by atoms with Gasteiger partial charge in [-0.2, -0.15) is 8.78 Å². The first-order valence-electron chi connectivity index (χ1n) is 7.23. The predicted octanol–water partition coefficient (Wildman–Crippen LogP) is 5.05. The summed E-state index contributed by atoms with van der Waals surface area (Å²) in [6, 6.07) is 3.93. The quantitative estimate of drug-likeness (QED) is 0.759. The summed E-state index contributed by atoms with van der Waals surface area (Å²) in [5, 5.41) is 10.1. The molecule has 23 heavy (non-hydrogen) atoms. The van der Waals surface area contributed by atoms with E-state index in [-0.39, 0.29) is 17.0 Å². The van der Waals surface area contributed by atoms with Crippen LogP contribution in [0, 0.1) is 5.41 Å². The lowest BCUT2D eigenvalue weighted by molar-refractivity contribution is -0.0498. The maximum absolute atomic E-state index is 12.2. The van der Waals surface area contributed by atoms with Crippen molar-refractivity contribution >= 4 is 17.5 Å². The van der Waals surface area contributed by atoms with Crippen LogP contribution in [0.15, 0.2) is 18.2 Å². The second kappa shape index (κ2) is 9.07. The maximum atomic E-state index is 12.2. The second-order valence-electron chi connectivity index (χ2n) is 5.34. The van der Waals surface area contributed by atoms with E-state index in [1.54, 1.807) is 20.8 Å². The lowest BCUT2D eigenvalue weighted by Gasteiger charge is -2.20. The first-order valence-corrected chi connectivity index (χ1v) is 7.23. The van der Waals surface area contributed by atoms with Crippen LogP contribution < -0.4 is 10.1 Å². The van der Waals surface area contributed by atoms with Gasteiger partial charge in [-0.05, 0) is 45.9 Å². The molecule has 0 saturated carbocycles. The summed E-state index contributed by atoms with van der Waals surface area (Å²) in [7, 11) is 0. The van der Waals surface area contributed by atoms with E-state index in [0.717, 1.165) is 0 Å². The van der Waals surface area contributed by atoms with Crippen molar-refractivity contribution in [3.8, 4) is 5.75 Å². The fourth-order valence-corrected chi connectivity index (χ4v) is 1.53.